The molecule has 0 radical (unpaired) electrons. The summed E-state index contributed by atoms with van der Waals surface area (Å²) in [5.74, 6) is -0.245. The van der Waals surface area contributed by atoms with Gasteiger partial charge in [-0.3, -0.25) is 4.79 Å². The molecule has 1 N–H and O–H groups in total. The Kier molecular flexibility index (Phi) is 4.04. The topological polar surface area (TPSA) is 29.1 Å². The highest BCUT2D eigenvalue weighted by Crippen LogP contribution is 2.34. The van der Waals surface area contributed by atoms with Gasteiger partial charge in [0.25, 0.3) is 5.91 Å². The fourth-order valence-corrected chi connectivity index (χ4v) is 2.43. The number of hydrogen-bond acceptors (Lipinski definition) is 1. The summed E-state index contributed by atoms with van der Waals surface area (Å²) in [5, 5.41) is 1.55. The van der Waals surface area contributed by atoms with Gasteiger partial charge in [-0.25, -0.2) is 0 Å². The van der Waals surface area contributed by atoms with E-state index in [1.165, 1.54) is 6.07 Å². The summed E-state index contributed by atoms with van der Waals surface area (Å²) in [5.41, 5.74) is 1.62. The zero-order valence-electron chi connectivity index (χ0n) is 10.1. The van der Waals surface area contributed by atoms with Gasteiger partial charge in [-0.2, -0.15) is 13.2 Å². The molecule has 1 atom stereocenters. The SMILES string of the molecule is O=C1NCCCc2ccc(C(Cl)CC(F)(F)F)cc21. The van der Waals surface area contributed by atoms with E-state index in [-0.39, 0.29) is 5.91 Å². The maximum atomic E-state index is 12.3. The van der Waals surface area contributed by atoms with E-state index in [2.05, 4.69) is 5.32 Å². The van der Waals surface area contributed by atoms with Crippen molar-refractivity contribution in [2.45, 2.75) is 30.8 Å². The minimum atomic E-state index is -4.32. The van der Waals surface area contributed by atoms with Gasteiger partial charge in [0.15, 0.2) is 0 Å². The molecule has 1 aliphatic rings. The number of nitrogens with one attached hydrogen (secondary N) is 1. The lowest BCUT2D eigenvalue weighted by molar-refractivity contribution is -0.134. The van der Waals surface area contributed by atoms with E-state index in [4.69, 9.17) is 11.6 Å². The number of fused-ring (bicyclic) bond motifs is 1. The maximum absolute atomic E-state index is 12.3. The second-order valence-electron chi connectivity index (χ2n) is 4.56. The van der Waals surface area contributed by atoms with Crippen LogP contribution in [-0.2, 0) is 6.42 Å². The van der Waals surface area contributed by atoms with Crippen LogP contribution in [0.4, 0.5) is 13.2 Å². The number of halogens is 4. The van der Waals surface area contributed by atoms with Crippen molar-refractivity contribution in [2.24, 2.45) is 0 Å². The molecular weight excluding hydrogens is 279 g/mol. The molecule has 1 aromatic carbocycles. The Morgan fingerprint density at radius 3 is 2.79 bits per heavy atom. The smallest absolute Gasteiger partial charge is 0.352 e. The van der Waals surface area contributed by atoms with E-state index in [9.17, 15) is 18.0 Å². The number of benzene rings is 1. The molecule has 0 fully saturated rings. The van der Waals surface area contributed by atoms with E-state index < -0.39 is 18.0 Å². The van der Waals surface area contributed by atoms with Gasteiger partial charge in [0.1, 0.15) is 0 Å². The quantitative estimate of drug-likeness (QED) is 0.829. The largest absolute Gasteiger partial charge is 0.390 e. The average Bonchev–Trinajstić information content (AvgIpc) is 2.49. The van der Waals surface area contributed by atoms with Crippen LogP contribution >= 0.6 is 11.6 Å². The number of carbonyl (C=O) groups excluding carboxylic acids is 1. The molecule has 1 amide bonds. The van der Waals surface area contributed by atoms with Gasteiger partial charge in [-0.15, -0.1) is 11.6 Å². The van der Waals surface area contributed by atoms with Crippen LogP contribution in [0.15, 0.2) is 18.2 Å². The first-order chi connectivity index (χ1) is 8.87. The monoisotopic (exact) mass is 291 g/mol. The molecule has 6 heteroatoms. The van der Waals surface area contributed by atoms with Gasteiger partial charge in [-0.1, -0.05) is 12.1 Å². The fraction of sp³-hybridized carbons (Fsp3) is 0.462. The Morgan fingerprint density at radius 2 is 2.11 bits per heavy atom. The Morgan fingerprint density at radius 1 is 1.37 bits per heavy atom. The first-order valence-corrected chi connectivity index (χ1v) is 6.42. The van der Waals surface area contributed by atoms with Crippen LogP contribution in [0.3, 0.4) is 0 Å². The lowest BCUT2D eigenvalue weighted by Gasteiger charge is -2.14. The summed E-state index contributed by atoms with van der Waals surface area (Å²) in [4.78, 5) is 11.8. The summed E-state index contributed by atoms with van der Waals surface area (Å²) in [7, 11) is 0. The summed E-state index contributed by atoms with van der Waals surface area (Å²) >= 11 is 5.77. The minimum Gasteiger partial charge on any atom is -0.352 e. The van der Waals surface area contributed by atoms with Crippen LogP contribution < -0.4 is 5.32 Å². The van der Waals surface area contributed by atoms with Crippen LogP contribution in [0.25, 0.3) is 0 Å². The molecule has 0 aliphatic carbocycles. The zero-order valence-corrected chi connectivity index (χ0v) is 10.8. The molecule has 2 nitrogen and oxygen atoms in total. The van der Waals surface area contributed by atoms with E-state index in [0.717, 1.165) is 18.4 Å². The van der Waals surface area contributed by atoms with Crippen LogP contribution in [0.2, 0.25) is 0 Å². The van der Waals surface area contributed by atoms with Crippen molar-refractivity contribution in [3.8, 4) is 0 Å². The van der Waals surface area contributed by atoms with Crippen LogP contribution in [0.1, 0.15) is 39.7 Å². The number of hydrogen-bond donors (Lipinski definition) is 1. The van der Waals surface area contributed by atoms with Crippen LogP contribution in [0.5, 0.6) is 0 Å². The second kappa shape index (κ2) is 5.41. The fourth-order valence-electron chi connectivity index (χ4n) is 2.12. The summed E-state index contributed by atoms with van der Waals surface area (Å²) in [6.07, 6.45) is -3.86. The normalized spacial score (nSPS) is 17.4. The average molecular weight is 292 g/mol. The number of rotatable bonds is 2. The van der Waals surface area contributed by atoms with Crippen molar-refractivity contribution in [3.05, 3.63) is 34.9 Å². The number of amides is 1. The first kappa shape index (κ1) is 14.2. The van der Waals surface area contributed by atoms with Gasteiger partial charge in [0.05, 0.1) is 11.8 Å². The lowest BCUT2D eigenvalue weighted by Crippen LogP contribution is -2.22. The minimum absolute atomic E-state index is 0.245. The molecule has 0 spiro atoms. The highest BCUT2D eigenvalue weighted by molar-refractivity contribution is 6.20. The summed E-state index contributed by atoms with van der Waals surface area (Å²) in [6.45, 7) is 0.579. The molecule has 1 heterocycles. The number of carbonyl (C=O) groups is 1. The molecule has 104 valence electrons. The number of aryl methyl sites for hydroxylation is 1. The third kappa shape index (κ3) is 3.62. The number of alkyl halides is 4. The predicted molar refractivity (Wildman–Crippen MR) is 66.4 cm³/mol. The Bertz CT molecular complexity index is 487. The van der Waals surface area contributed by atoms with E-state index in [1.54, 1.807) is 12.1 Å². The van der Waals surface area contributed by atoms with Crippen LogP contribution in [-0.4, -0.2) is 18.6 Å². The Balaban J connectivity index is 2.27. The molecule has 2 rings (SSSR count). The van der Waals surface area contributed by atoms with Gasteiger partial charge < -0.3 is 5.32 Å². The molecular formula is C13H13ClF3NO. The van der Waals surface area contributed by atoms with Gasteiger partial charge in [-0.05, 0) is 30.0 Å². The Hall–Kier alpha value is -1.23. The highest BCUT2D eigenvalue weighted by atomic mass is 35.5. The lowest BCUT2D eigenvalue weighted by atomic mass is 9.98. The van der Waals surface area contributed by atoms with Crippen molar-refractivity contribution in [1.82, 2.24) is 5.32 Å². The predicted octanol–water partition coefficient (Wildman–Crippen LogP) is 3.59. The molecule has 1 unspecified atom stereocenters. The highest BCUT2D eigenvalue weighted by Gasteiger charge is 2.32. The third-order valence-electron chi connectivity index (χ3n) is 3.06. The molecule has 1 aromatic rings. The molecule has 0 saturated heterocycles. The van der Waals surface area contributed by atoms with Crippen molar-refractivity contribution in [2.75, 3.05) is 6.54 Å². The third-order valence-corrected chi connectivity index (χ3v) is 3.47. The van der Waals surface area contributed by atoms with Crippen molar-refractivity contribution < 1.29 is 18.0 Å². The zero-order chi connectivity index (χ0) is 14.0. The van der Waals surface area contributed by atoms with Gasteiger partial charge in [0.2, 0.25) is 0 Å². The molecule has 0 bridgehead atoms. The van der Waals surface area contributed by atoms with E-state index in [1.807, 2.05) is 0 Å². The van der Waals surface area contributed by atoms with Crippen molar-refractivity contribution in [1.29, 1.82) is 0 Å². The standard InChI is InChI=1S/C13H13ClF3NO/c14-11(7-13(15,16)17)9-4-3-8-2-1-5-18-12(19)10(8)6-9/h3-4,6,11H,1-2,5,7H2,(H,18,19). The molecule has 0 aromatic heterocycles. The molecule has 1 aliphatic heterocycles. The van der Waals surface area contributed by atoms with E-state index in [0.29, 0.717) is 17.7 Å². The molecule has 0 saturated carbocycles. The summed E-state index contributed by atoms with van der Waals surface area (Å²) < 4.78 is 36.9. The van der Waals surface area contributed by atoms with Gasteiger partial charge >= 0.3 is 6.18 Å². The van der Waals surface area contributed by atoms with Gasteiger partial charge in [0, 0.05) is 12.1 Å². The van der Waals surface area contributed by atoms with Crippen LogP contribution in [0, 0.1) is 0 Å². The van der Waals surface area contributed by atoms with Crippen molar-refractivity contribution >= 4 is 17.5 Å². The molecule has 19 heavy (non-hydrogen) atoms. The first-order valence-electron chi connectivity index (χ1n) is 5.98. The second-order valence-corrected chi connectivity index (χ2v) is 5.09. The van der Waals surface area contributed by atoms with E-state index >= 15 is 0 Å². The van der Waals surface area contributed by atoms with Crippen molar-refractivity contribution in [3.63, 3.8) is 0 Å². The Labute approximate surface area is 113 Å². The maximum Gasteiger partial charge on any atom is 0.390 e. The summed E-state index contributed by atoms with van der Waals surface area (Å²) in [6, 6.07) is 4.74.